The van der Waals surface area contributed by atoms with Crippen LogP contribution >= 0.6 is 0 Å². The molecule has 2 aromatic rings. The Hall–Kier alpha value is -2.41. The highest BCUT2D eigenvalue weighted by Gasteiger charge is 2.37. The van der Waals surface area contributed by atoms with E-state index in [9.17, 15) is 0 Å². The van der Waals surface area contributed by atoms with Crippen LogP contribution in [0.15, 0.2) is 77.8 Å². The topological polar surface area (TPSA) is 12.4 Å². The first-order chi connectivity index (χ1) is 11.7. The van der Waals surface area contributed by atoms with Crippen LogP contribution in [-0.4, -0.2) is 5.71 Å². The average molecular weight is 313 g/mol. The Balaban J connectivity index is 1.67. The lowest BCUT2D eigenvalue weighted by atomic mass is 9.74. The molecule has 0 saturated carbocycles. The predicted octanol–water partition coefficient (Wildman–Crippen LogP) is 6.24. The van der Waals surface area contributed by atoms with Crippen molar-refractivity contribution in [2.24, 2.45) is 10.9 Å². The zero-order valence-electron chi connectivity index (χ0n) is 14.4. The van der Waals surface area contributed by atoms with Crippen LogP contribution in [0.2, 0.25) is 0 Å². The third-order valence-electron chi connectivity index (χ3n) is 5.59. The van der Waals surface area contributed by atoms with Crippen molar-refractivity contribution in [3.63, 3.8) is 0 Å². The molecular formula is C23H23N. The van der Waals surface area contributed by atoms with Gasteiger partial charge in [-0.25, -0.2) is 0 Å². The summed E-state index contributed by atoms with van der Waals surface area (Å²) in [6, 6.07) is 17.3. The van der Waals surface area contributed by atoms with Gasteiger partial charge in [0.05, 0.1) is 5.69 Å². The summed E-state index contributed by atoms with van der Waals surface area (Å²) in [5.41, 5.74) is 6.37. The van der Waals surface area contributed by atoms with E-state index in [0.717, 1.165) is 12.1 Å². The molecule has 1 aliphatic carbocycles. The van der Waals surface area contributed by atoms with Gasteiger partial charge in [-0.15, -0.1) is 0 Å². The third-order valence-corrected chi connectivity index (χ3v) is 5.59. The van der Waals surface area contributed by atoms with Crippen molar-refractivity contribution in [3.8, 4) is 11.1 Å². The summed E-state index contributed by atoms with van der Waals surface area (Å²) >= 11 is 0. The van der Waals surface area contributed by atoms with Crippen molar-refractivity contribution >= 4 is 11.4 Å². The van der Waals surface area contributed by atoms with Gasteiger partial charge in [0.25, 0.3) is 0 Å². The van der Waals surface area contributed by atoms with Gasteiger partial charge in [-0.05, 0) is 54.5 Å². The number of aliphatic imine (C=N–C) groups is 1. The van der Waals surface area contributed by atoms with Crippen LogP contribution in [0.4, 0.5) is 5.69 Å². The van der Waals surface area contributed by atoms with Gasteiger partial charge in [0.2, 0.25) is 0 Å². The van der Waals surface area contributed by atoms with Crippen LogP contribution in [0, 0.1) is 5.92 Å². The second-order valence-electron chi connectivity index (χ2n) is 7.10. The largest absolute Gasteiger partial charge is 0.257 e. The standard InChI is InChI=1S/C23H23N/c1-17-23(2,15-14-18-8-6-7-9-18)21-16-20(12-13-22(21)24-17)19-10-4-3-5-11-19/h3-13,16,18H,14-15H2,1-2H3. The monoisotopic (exact) mass is 313 g/mol. The summed E-state index contributed by atoms with van der Waals surface area (Å²) in [5.74, 6) is 0.580. The molecular weight excluding hydrogens is 290 g/mol. The highest BCUT2D eigenvalue weighted by atomic mass is 14.8. The Labute approximate surface area is 144 Å². The average Bonchev–Trinajstić information content (AvgIpc) is 3.21. The summed E-state index contributed by atoms with van der Waals surface area (Å²) < 4.78 is 0. The van der Waals surface area contributed by atoms with Gasteiger partial charge in [-0.3, -0.25) is 4.99 Å². The van der Waals surface area contributed by atoms with E-state index in [0.29, 0.717) is 5.92 Å². The van der Waals surface area contributed by atoms with Crippen molar-refractivity contribution < 1.29 is 0 Å². The van der Waals surface area contributed by atoms with Gasteiger partial charge in [-0.2, -0.15) is 0 Å². The maximum Gasteiger partial charge on any atom is 0.0671 e. The van der Waals surface area contributed by atoms with Crippen molar-refractivity contribution in [2.45, 2.75) is 32.1 Å². The lowest BCUT2D eigenvalue weighted by Crippen LogP contribution is -2.28. The Bertz CT molecular complexity index is 830. The van der Waals surface area contributed by atoms with Crippen molar-refractivity contribution in [3.05, 3.63) is 78.4 Å². The first kappa shape index (κ1) is 15.1. The zero-order chi connectivity index (χ0) is 16.6. The summed E-state index contributed by atoms with van der Waals surface area (Å²) in [6.07, 6.45) is 11.2. The van der Waals surface area contributed by atoms with E-state index in [1.807, 2.05) is 0 Å². The number of fused-ring (bicyclic) bond motifs is 1. The number of hydrogen-bond donors (Lipinski definition) is 0. The van der Waals surface area contributed by atoms with E-state index in [-0.39, 0.29) is 5.41 Å². The molecule has 1 heteroatoms. The molecule has 0 amide bonds. The normalized spacial score (nSPS) is 22.0. The van der Waals surface area contributed by atoms with Gasteiger partial charge < -0.3 is 0 Å². The first-order valence-electron chi connectivity index (χ1n) is 8.77. The molecule has 1 heterocycles. The quantitative estimate of drug-likeness (QED) is 0.633. The second kappa shape index (κ2) is 5.90. The van der Waals surface area contributed by atoms with Crippen LogP contribution in [-0.2, 0) is 5.41 Å². The molecule has 24 heavy (non-hydrogen) atoms. The smallest absolute Gasteiger partial charge is 0.0671 e. The van der Waals surface area contributed by atoms with Crippen molar-refractivity contribution in [2.75, 3.05) is 0 Å². The van der Waals surface area contributed by atoms with Crippen LogP contribution in [0.25, 0.3) is 11.1 Å². The van der Waals surface area contributed by atoms with Gasteiger partial charge >= 0.3 is 0 Å². The number of rotatable bonds is 4. The highest BCUT2D eigenvalue weighted by Crippen LogP contribution is 2.45. The van der Waals surface area contributed by atoms with Gasteiger partial charge in [0.1, 0.15) is 0 Å². The fourth-order valence-corrected chi connectivity index (χ4v) is 3.83. The molecule has 0 fully saturated rings. The molecule has 2 aliphatic rings. The fourth-order valence-electron chi connectivity index (χ4n) is 3.83. The van der Waals surface area contributed by atoms with E-state index in [1.54, 1.807) is 0 Å². The van der Waals surface area contributed by atoms with E-state index in [2.05, 4.69) is 86.7 Å². The summed E-state index contributed by atoms with van der Waals surface area (Å²) in [6.45, 7) is 4.54. The molecule has 1 unspecified atom stereocenters. The molecule has 4 rings (SSSR count). The molecule has 0 N–H and O–H groups in total. The molecule has 1 atom stereocenters. The molecule has 1 nitrogen and oxygen atoms in total. The minimum atomic E-state index is 0.0460. The minimum absolute atomic E-state index is 0.0460. The second-order valence-corrected chi connectivity index (χ2v) is 7.10. The number of benzene rings is 2. The van der Waals surface area contributed by atoms with Gasteiger partial charge in [0, 0.05) is 11.1 Å². The summed E-state index contributed by atoms with van der Waals surface area (Å²) in [5, 5.41) is 0. The van der Waals surface area contributed by atoms with Crippen LogP contribution in [0.3, 0.4) is 0 Å². The molecule has 0 saturated heterocycles. The van der Waals surface area contributed by atoms with Crippen molar-refractivity contribution in [1.29, 1.82) is 0 Å². The van der Waals surface area contributed by atoms with Crippen LogP contribution in [0.5, 0.6) is 0 Å². The van der Waals surface area contributed by atoms with Gasteiger partial charge in [0.15, 0.2) is 0 Å². The number of allylic oxidation sites excluding steroid dienone is 4. The molecule has 0 radical (unpaired) electrons. The highest BCUT2D eigenvalue weighted by molar-refractivity contribution is 6.00. The number of hydrogen-bond acceptors (Lipinski definition) is 1. The van der Waals surface area contributed by atoms with Crippen molar-refractivity contribution in [1.82, 2.24) is 0 Å². The minimum Gasteiger partial charge on any atom is -0.257 e. The SMILES string of the molecule is CC1=Nc2ccc(-c3ccccc3)cc2C1(C)CCC1C=CC=C1. The molecule has 0 bridgehead atoms. The van der Waals surface area contributed by atoms with E-state index in [1.165, 1.54) is 28.8 Å². The molecule has 0 spiro atoms. The lowest BCUT2D eigenvalue weighted by Gasteiger charge is -2.27. The Morgan fingerprint density at radius 1 is 0.958 bits per heavy atom. The van der Waals surface area contributed by atoms with Gasteiger partial charge in [-0.1, -0.05) is 67.6 Å². The molecule has 1 aliphatic heterocycles. The Morgan fingerprint density at radius 3 is 2.46 bits per heavy atom. The maximum atomic E-state index is 4.87. The molecule has 120 valence electrons. The lowest BCUT2D eigenvalue weighted by molar-refractivity contribution is 0.524. The first-order valence-corrected chi connectivity index (χ1v) is 8.77. The number of nitrogens with zero attached hydrogens (tertiary/aromatic N) is 1. The molecule has 0 aromatic heterocycles. The zero-order valence-corrected chi connectivity index (χ0v) is 14.4. The summed E-state index contributed by atoms with van der Waals surface area (Å²) in [7, 11) is 0. The van der Waals surface area contributed by atoms with Crippen LogP contribution in [0.1, 0.15) is 32.3 Å². The predicted molar refractivity (Wildman–Crippen MR) is 103 cm³/mol. The maximum absolute atomic E-state index is 4.87. The fraction of sp³-hybridized carbons (Fsp3) is 0.261. The molecule has 2 aromatic carbocycles. The third kappa shape index (κ3) is 2.54. The van der Waals surface area contributed by atoms with E-state index >= 15 is 0 Å². The van der Waals surface area contributed by atoms with E-state index in [4.69, 9.17) is 4.99 Å². The Morgan fingerprint density at radius 2 is 1.71 bits per heavy atom. The Kier molecular flexibility index (Phi) is 3.72. The van der Waals surface area contributed by atoms with E-state index < -0.39 is 0 Å². The summed E-state index contributed by atoms with van der Waals surface area (Å²) in [4.78, 5) is 4.87. The van der Waals surface area contributed by atoms with Crippen LogP contribution < -0.4 is 0 Å².